The number of carbonyl (C=O) groups is 4. The summed E-state index contributed by atoms with van der Waals surface area (Å²) >= 11 is 3.27. The molecule has 0 bridgehead atoms. The zero-order chi connectivity index (χ0) is 25.2. The molecule has 0 fully saturated rings. The lowest BCUT2D eigenvalue weighted by atomic mass is 9.72. The van der Waals surface area contributed by atoms with Crippen LogP contribution in [-0.4, -0.2) is 53.4 Å². The third-order valence-corrected chi connectivity index (χ3v) is 5.05. The number of rotatable bonds is 13. The van der Waals surface area contributed by atoms with Crippen molar-refractivity contribution in [3.63, 3.8) is 0 Å². The molecule has 9 heteroatoms. The van der Waals surface area contributed by atoms with Crippen molar-refractivity contribution in [2.75, 3.05) is 13.2 Å². The summed E-state index contributed by atoms with van der Waals surface area (Å²) in [5.41, 5.74) is -2.96. The fourth-order valence-electron chi connectivity index (χ4n) is 3.09. The maximum absolute atomic E-state index is 13.7. The fraction of sp³-hybridized carbons (Fsp3) is 0.625. The van der Waals surface area contributed by atoms with Crippen molar-refractivity contribution in [3.8, 4) is 0 Å². The molecule has 1 heterocycles. The van der Waals surface area contributed by atoms with Gasteiger partial charge in [-0.15, -0.1) is 0 Å². The highest BCUT2D eigenvalue weighted by molar-refractivity contribution is 9.10. The summed E-state index contributed by atoms with van der Waals surface area (Å²) in [5.74, 6) is -2.71. The molecule has 0 aliphatic heterocycles. The van der Waals surface area contributed by atoms with E-state index in [4.69, 9.17) is 14.2 Å². The maximum Gasteiger partial charge on any atom is 0.328 e. The summed E-state index contributed by atoms with van der Waals surface area (Å²) in [6.07, 6.45) is 3.09. The molecule has 1 atom stereocenters. The highest BCUT2D eigenvalue weighted by atomic mass is 79.9. The van der Waals surface area contributed by atoms with E-state index >= 15 is 0 Å². The van der Waals surface area contributed by atoms with Gasteiger partial charge in [-0.3, -0.25) is 24.2 Å². The molecule has 184 valence electrons. The van der Waals surface area contributed by atoms with Crippen molar-refractivity contribution < 1.29 is 33.4 Å². The van der Waals surface area contributed by atoms with Crippen LogP contribution in [0.4, 0.5) is 0 Å². The minimum atomic E-state index is -2.13. The third-order valence-electron chi connectivity index (χ3n) is 4.61. The molecule has 0 radical (unpaired) electrons. The molecule has 1 rings (SSSR count). The van der Waals surface area contributed by atoms with E-state index in [1.807, 2.05) is 0 Å². The largest absolute Gasteiger partial charge is 0.466 e. The monoisotopic (exact) mass is 527 g/mol. The minimum Gasteiger partial charge on any atom is -0.466 e. The molecule has 0 saturated heterocycles. The van der Waals surface area contributed by atoms with Gasteiger partial charge in [-0.1, -0.05) is 6.42 Å². The Kier molecular flexibility index (Phi) is 11.3. The van der Waals surface area contributed by atoms with Gasteiger partial charge in [0.25, 0.3) is 0 Å². The Hall–Kier alpha value is -2.13. The lowest BCUT2D eigenvalue weighted by Crippen LogP contribution is -2.51. The smallest absolute Gasteiger partial charge is 0.328 e. The molecule has 1 aromatic heterocycles. The quantitative estimate of drug-likeness (QED) is 0.160. The zero-order valence-corrected chi connectivity index (χ0v) is 21.8. The van der Waals surface area contributed by atoms with Crippen LogP contribution in [0.3, 0.4) is 0 Å². The Morgan fingerprint density at radius 1 is 1.09 bits per heavy atom. The van der Waals surface area contributed by atoms with Crippen LogP contribution in [0.25, 0.3) is 0 Å². The number of hydrogen-bond acceptors (Lipinski definition) is 8. The summed E-state index contributed by atoms with van der Waals surface area (Å²) in [6.45, 7) is 10.0. The molecule has 0 amide bonds. The summed E-state index contributed by atoms with van der Waals surface area (Å²) in [5, 5.41) is 0. The van der Waals surface area contributed by atoms with Crippen molar-refractivity contribution in [2.45, 2.75) is 78.9 Å². The molecule has 33 heavy (non-hydrogen) atoms. The summed E-state index contributed by atoms with van der Waals surface area (Å²) in [4.78, 5) is 56.4. The van der Waals surface area contributed by atoms with Crippen molar-refractivity contribution in [2.24, 2.45) is 5.41 Å². The Morgan fingerprint density at radius 3 is 2.30 bits per heavy atom. The molecule has 8 nitrogen and oxygen atoms in total. The molecular weight excluding hydrogens is 494 g/mol. The first-order valence-electron chi connectivity index (χ1n) is 11.0. The second-order valence-corrected chi connectivity index (χ2v) is 9.84. The van der Waals surface area contributed by atoms with Gasteiger partial charge < -0.3 is 14.2 Å². The number of hydrogen-bond donors (Lipinski definition) is 0. The fourth-order valence-corrected chi connectivity index (χ4v) is 3.46. The van der Waals surface area contributed by atoms with Crippen LogP contribution in [0, 0.1) is 5.41 Å². The Bertz CT molecular complexity index is 847. The first-order valence-corrected chi connectivity index (χ1v) is 11.8. The van der Waals surface area contributed by atoms with Crippen LogP contribution in [-0.2, 0) is 28.6 Å². The van der Waals surface area contributed by atoms with E-state index < -0.39 is 35.2 Å². The average molecular weight is 528 g/mol. The van der Waals surface area contributed by atoms with Crippen LogP contribution < -0.4 is 0 Å². The first kappa shape index (κ1) is 28.9. The lowest BCUT2D eigenvalue weighted by Gasteiger charge is -2.32. The van der Waals surface area contributed by atoms with Crippen molar-refractivity contribution in [1.82, 2.24) is 4.98 Å². The number of carbonyl (C=O) groups excluding carboxylic acids is 4. The maximum atomic E-state index is 13.7. The van der Waals surface area contributed by atoms with Crippen LogP contribution >= 0.6 is 15.9 Å². The van der Waals surface area contributed by atoms with Gasteiger partial charge in [0, 0.05) is 28.9 Å². The number of unbranched alkanes of at least 4 members (excludes halogenated alkanes) is 1. The van der Waals surface area contributed by atoms with E-state index in [1.165, 1.54) is 18.5 Å². The summed E-state index contributed by atoms with van der Waals surface area (Å²) in [6, 6.07) is 1.50. The average Bonchev–Trinajstić information content (AvgIpc) is 2.70. The lowest BCUT2D eigenvalue weighted by molar-refractivity contribution is -0.168. The van der Waals surface area contributed by atoms with Crippen LogP contribution in [0.5, 0.6) is 0 Å². The van der Waals surface area contributed by atoms with Crippen molar-refractivity contribution in [1.29, 1.82) is 0 Å². The van der Waals surface area contributed by atoms with Crippen molar-refractivity contribution in [3.05, 3.63) is 28.5 Å². The van der Waals surface area contributed by atoms with E-state index in [0.29, 0.717) is 10.9 Å². The van der Waals surface area contributed by atoms with Gasteiger partial charge in [-0.25, -0.2) is 0 Å². The first-order chi connectivity index (χ1) is 15.3. The van der Waals surface area contributed by atoms with E-state index in [-0.39, 0.29) is 43.5 Å². The number of ether oxygens (including phenoxy) is 3. The standard InChI is InChI=1S/C24H34BrNO7/c1-7-31-20(28)10-8-9-11-24(19(27)15-32-16(2)3,22(30)33-23(4,5)6)21(29)17-12-18(25)14-26-13-17/h12-14,16H,7-11,15H2,1-6H3. The second kappa shape index (κ2) is 12.9. The highest BCUT2D eigenvalue weighted by Gasteiger charge is 2.54. The topological polar surface area (TPSA) is 109 Å². The van der Waals surface area contributed by atoms with Gasteiger partial charge in [0.2, 0.25) is 0 Å². The number of nitrogens with zero attached hydrogens (tertiary/aromatic N) is 1. The Morgan fingerprint density at radius 2 is 1.76 bits per heavy atom. The normalized spacial score (nSPS) is 13.3. The number of halogens is 1. The van der Waals surface area contributed by atoms with Gasteiger partial charge >= 0.3 is 11.9 Å². The third kappa shape index (κ3) is 8.97. The van der Waals surface area contributed by atoms with Gasteiger partial charge in [0.1, 0.15) is 12.2 Å². The molecule has 0 aliphatic rings. The molecule has 0 spiro atoms. The van der Waals surface area contributed by atoms with E-state index in [9.17, 15) is 19.2 Å². The molecule has 1 aromatic rings. The van der Waals surface area contributed by atoms with E-state index in [0.717, 1.165) is 0 Å². The summed E-state index contributed by atoms with van der Waals surface area (Å²) < 4.78 is 16.5. The van der Waals surface area contributed by atoms with Gasteiger partial charge in [0.05, 0.1) is 12.7 Å². The number of Topliss-reactive ketones (excluding diaryl/α,β-unsaturated/α-hetero) is 2. The number of ketones is 2. The van der Waals surface area contributed by atoms with Gasteiger partial charge in [0.15, 0.2) is 17.0 Å². The number of aromatic nitrogens is 1. The van der Waals surface area contributed by atoms with Crippen LogP contribution in [0.15, 0.2) is 22.9 Å². The Balaban J connectivity index is 3.41. The minimum absolute atomic E-state index is 0.0959. The molecule has 0 saturated carbocycles. The molecule has 0 aromatic carbocycles. The van der Waals surface area contributed by atoms with Crippen LogP contribution in [0.1, 0.15) is 77.6 Å². The molecule has 1 unspecified atom stereocenters. The predicted molar refractivity (Wildman–Crippen MR) is 126 cm³/mol. The predicted octanol–water partition coefficient (Wildman–Crippen LogP) is 4.47. The molecular formula is C24H34BrNO7. The number of esters is 2. The highest BCUT2D eigenvalue weighted by Crippen LogP contribution is 2.35. The van der Waals surface area contributed by atoms with Gasteiger partial charge in [-0.2, -0.15) is 0 Å². The van der Waals surface area contributed by atoms with E-state index in [2.05, 4.69) is 20.9 Å². The van der Waals surface area contributed by atoms with E-state index in [1.54, 1.807) is 41.5 Å². The number of pyridine rings is 1. The second-order valence-electron chi connectivity index (χ2n) is 8.92. The van der Waals surface area contributed by atoms with Crippen LogP contribution in [0.2, 0.25) is 0 Å². The summed E-state index contributed by atoms with van der Waals surface area (Å²) in [7, 11) is 0. The molecule has 0 aliphatic carbocycles. The van der Waals surface area contributed by atoms with Crippen molar-refractivity contribution >= 4 is 39.4 Å². The molecule has 0 N–H and O–H groups in total. The Labute approximate surface area is 203 Å². The van der Waals surface area contributed by atoms with Gasteiger partial charge in [-0.05, 0) is 76.4 Å². The zero-order valence-electron chi connectivity index (χ0n) is 20.2. The SMILES string of the molecule is CCOC(=O)CCCCC(C(=O)COC(C)C)(C(=O)OC(C)(C)C)C(=O)c1cncc(Br)c1.